The molecule has 1 aromatic carbocycles. The minimum Gasteiger partial charge on any atom is -0.357 e. The molecule has 0 radical (unpaired) electrons. The highest BCUT2D eigenvalue weighted by atomic mass is 19.1. The van der Waals surface area contributed by atoms with Gasteiger partial charge in [-0.2, -0.15) is 0 Å². The van der Waals surface area contributed by atoms with Crippen molar-refractivity contribution in [1.29, 1.82) is 0 Å². The number of hydrogen-bond donors (Lipinski definition) is 1. The van der Waals surface area contributed by atoms with Gasteiger partial charge in [-0.05, 0) is 37.5 Å². The van der Waals surface area contributed by atoms with Crippen molar-refractivity contribution in [2.75, 3.05) is 27.2 Å². The van der Waals surface area contributed by atoms with Gasteiger partial charge in [-0.15, -0.1) is 0 Å². The van der Waals surface area contributed by atoms with Gasteiger partial charge in [0.2, 0.25) is 0 Å². The smallest absolute Gasteiger partial charge is 0.193 e. The van der Waals surface area contributed by atoms with Gasteiger partial charge in [0.15, 0.2) is 5.96 Å². The molecule has 4 heteroatoms. The molecule has 1 fully saturated rings. The van der Waals surface area contributed by atoms with E-state index in [0.717, 1.165) is 37.5 Å². The van der Waals surface area contributed by atoms with Crippen LogP contribution in [0.1, 0.15) is 25.3 Å². The summed E-state index contributed by atoms with van der Waals surface area (Å²) >= 11 is 0. The number of rotatable bonds is 4. The van der Waals surface area contributed by atoms with E-state index in [1.165, 1.54) is 6.07 Å². The Hall–Kier alpha value is -1.58. The van der Waals surface area contributed by atoms with Crippen molar-refractivity contribution in [2.45, 2.75) is 25.2 Å². The van der Waals surface area contributed by atoms with Crippen LogP contribution in [-0.4, -0.2) is 38.0 Å². The topological polar surface area (TPSA) is 27.6 Å². The van der Waals surface area contributed by atoms with E-state index in [4.69, 9.17) is 0 Å². The molecule has 1 aliphatic rings. The minimum atomic E-state index is -0.160. The maximum atomic E-state index is 13.3. The zero-order chi connectivity index (χ0) is 13.9. The molecule has 104 valence electrons. The van der Waals surface area contributed by atoms with Crippen LogP contribution in [0.4, 0.5) is 4.39 Å². The molecule has 0 amide bonds. The van der Waals surface area contributed by atoms with E-state index in [9.17, 15) is 4.39 Å². The molecule has 0 aliphatic heterocycles. The Labute approximate surface area is 114 Å². The van der Waals surface area contributed by atoms with Crippen molar-refractivity contribution in [1.82, 2.24) is 10.2 Å². The van der Waals surface area contributed by atoms with Gasteiger partial charge in [0, 0.05) is 26.1 Å². The monoisotopic (exact) mass is 263 g/mol. The summed E-state index contributed by atoms with van der Waals surface area (Å²) in [7, 11) is 3.95. The summed E-state index contributed by atoms with van der Waals surface area (Å²) in [4.78, 5) is 6.64. The summed E-state index contributed by atoms with van der Waals surface area (Å²) in [6, 6.07) is 6.93. The first-order valence-electron chi connectivity index (χ1n) is 6.79. The summed E-state index contributed by atoms with van der Waals surface area (Å²) in [5.41, 5.74) is 1.13. The van der Waals surface area contributed by atoms with Crippen LogP contribution in [0.5, 0.6) is 0 Å². The molecule has 1 saturated carbocycles. The summed E-state index contributed by atoms with van der Waals surface area (Å²) in [6.45, 7) is 3.62. The maximum absolute atomic E-state index is 13.3. The van der Waals surface area contributed by atoms with E-state index in [1.807, 2.05) is 25.1 Å². The van der Waals surface area contributed by atoms with Gasteiger partial charge in [-0.25, -0.2) is 4.39 Å². The molecule has 1 aliphatic carbocycles. The molecular weight excluding hydrogens is 241 g/mol. The van der Waals surface area contributed by atoms with Gasteiger partial charge in [-0.1, -0.05) is 12.1 Å². The number of nitrogens with zero attached hydrogens (tertiary/aromatic N) is 2. The first-order chi connectivity index (χ1) is 9.07. The van der Waals surface area contributed by atoms with E-state index in [0.29, 0.717) is 0 Å². The summed E-state index contributed by atoms with van der Waals surface area (Å²) in [5.74, 6) is 0.734. The van der Waals surface area contributed by atoms with E-state index in [1.54, 1.807) is 12.1 Å². The molecular formula is C15H22FN3. The fourth-order valence-corrected chi connectivity index (χ4v) is 2.25. The van der Waals surface area contributed by atoms with E-state index in [-0.39, 0.29) is 11.2 Å². The normalized spacial score (nSPS) is 17.2. The standard InChI is InChI=1S/C15H22FN3/c1-4-17-14(19(2)3)18-11-15(8-9-15)12-6-5-7-13(16)10-12/h5-7,10H,4,8-9,11H2,1-3H3,(H,17,18). The number of benzene rings is 1. The van der Waals surface area contributed by atoms with Crippen LogP contribution < -0.4 is 5.32 Å². The quantitative estimate of drug-likeness (QED) is 0.667. The van der Waals surface area contributed by atoms with Crippen molar-refractivity contribution in [3.63, 3.8) is 0 Å². The van der Waals surface area contributed by atoms with Gasteiger partial charge in [-0.3, -0.25) is 4.99 Å². The van der Waals surface area contributed by atoms with Crippen LogP contribution >= 0.6 is 0 Å². The fraction of sp³-hybridized carbons (Fsp3) is 0.533. The number of guanidine groups is 1. The maximum Gasteiger partial charge on any atom is 0.193 e. The lowest BCUT2D eigenvalue weighted by atomic mass is 9.96. The molecule has 1 N–H and O–H groups in total. The molecule has 1 aromatic rings. The second kappa shape index (κ2) is 5.59. The predicted octanol–water partition coefficient (Wildman–Crippen LogP) is 2.38. The van der Waals surface area contributed by atoms with Crippen molar-refractivity contribution < 1.29 is 4.39 Å². The molecule has 0 aromatic heterocycles. The lowest BCUT2D eigenvalue weighted by Crippen LogP contribution is -2.37. The van der Waals surface area contributed by atoms with Crippen LogP contribution in [-0.2, 0) is 5.41 Å². The third-order valence-electron chi connectivity index (χ3n) is 3.58. The molecule has 19 heavy (non-hydrogen) atoms. The molecule has 0 atom stereocenters. The molecule has 0 heterocycles. The predicted molar refractivity (Wildman–Crippen MR) is 77.0 cm³/mol. The third kappa shape index (κ3) is 3.25. The van der Waals surface area contributed by atoms with Crippen molar-refractivity contribution in [2.24, 2.45) is 4.99 Å². The first kappa shape index (κ1) is 13.8. The average Bonchev–Trinajstić information content (AvgIpc) is 3.15. The van der Waals surface area contributed by atoms with Crippen LogP contribution in [0.25, 0.3) is 0 Å². The van der Waals surface area contributed by atoms with E-state index in [2.05, 4.69) is 17.2 Å². The minimum absolute atomic E-state index is 0.0543. The Morgan fingerprint density at radius 2 is 2.16 bits per heavy atom. The van der Waals surface area contributed by atoms with Crippen LogP contribution in [0.15, 0.2) is 29.3 Å². The van der Waals surface area contributed by atoms with E-state index >= 15 is 0 Å². The first-order valence-corrected chi connectivity index (χ1v) is 6.79. The zero-order valence-electron chi connectivity index (χ0n) is 11.9. The fourth-order valence-electron chi connectivity index (χ4n) is 2.25. The Balaban J connectivity index is 2.12. The lowest BCUT2D eigenvalue weighted by Gasteiger charge is -2.19. The zero-order valence-corrected chi connectivity index (χ0v) is 11.9. The summed E-state index contributed by atoms with van der Waals surface area (Å²) in [6.07, 6.45) is 2.18. The highest BCUT2D eigenvalue weighted by molar-refractivity contribution is 5.79. The van der Waals surface area contributed by atoms with Crippen molar-refractivity contribution >= 4 is 5.96 Å². The average molecular weight is 263 g/mol. The number of nitrogens with one attached hydrogen (secondary N) is 1. The van der Waals surface area contributed by atoms with Crippen molar-refractivity contribution in [3.8, 4) is 0 Å². The van der Waals surface area contributed by atoms with Gasteiger partial charge in [0.25, 0.3) is 0 Å². The third-order valence-corrected chi connectivity index (χ3v) is 3.58. The van der Waals surface area contributed by atoms with Gasteiger partial charge in [0.1, 0.15) is 5.82 Å². The van der Waals surface area contributed by atoms with Crippen LogP contribution in [0.3, 0.4) is 0 Å². The number of halogens is 1. The summed E-state index contributed by atoms with van der Waals surface area (Å²) < 4.78 is 13.3. The Kier molecular flexibility index (Phi) is 4.08. The Morgan fingerprint density at radius 1 is 1.42 bits per heavy atom. The Morgan fingerprint density at radius 3 is 2.68 bits per heavy atom. The number of aliphatic imine (C=N–C) groups is 1. The highest BCUT2D eigenvalue weighted by Gasteiger charge is 2.44. The molecule has 0 bridgehead atoms. The Bertz CT molecular complexity index is 464. The van der Waals surface area contributed by atoms with Crippen LogP contribution in [0.2, 0.25) is 0 Å². The summed E-state index contributed by atoms with van der Waals surface area (Å²) in [5, 5.41) is 3.25. The largest absolute Gasteiger partial charge is 0.357 e. The van der Waals surface area contributed by atoms with Crippen LogP contribution in [0, 0.1) is 5.82 Å². The molecule has 0 unspecified atom stereocenters. The second-order valence-electron chi connectivity index (χ2n) is 5.36. The molecule has 0 spiro atoms. The second-order valence-corrected chi connectivity index (χ2v) is 5.36. The molecule has 0 saturated heterocycles. The lowest BCUT2D eigenvalue weighted by molar-refractivity contribution is 0.574. The van der Waals surface area contributed by atoms with Gasteiger partial charge < -0.3 is 10.2 Å². The number of hydrogen-bond acceptors (Lipinski definition) is 1. The van der Waals surface area contributed by atoms with E-state index < -0.39 is 0 Å². The van der Waals surface area contributed by atoms with Gasteiger partial charge in [0.05, 0.1) is 6.54 Å². The molecule has 2 rings (SSSR count). The molecule has 3 nitrogen and oxygen atoms in total. The van der Waals surface area contributed by atoms with Crippen molar-refractivity contribution in [3.05, 3.63) is 35.6 Å². The van der Waals surface area contributed by atoms with Gasteiger partial charge >= 0.3 is 0 Å². The highest BCUT2D eigenvalue weighted by Crippen LogP contribution is 2.48. The SMILES string of the molecule is CCNC(=NCC1(c2cccc(F)c2)CC1)N(C)C.